The Morgan fingerprint density at radius 1 is 1.00 bits per heavy atom. The fraction of sp³-hybridized carbons (Fsp3) is 0.941. The van der Waals surface area contributed by atoms with Gasteiger partial charge in [0.05, 0.1) is 6.54 Å². The number of rotatable bonds is 5. The SMILES string of the molecule is CC1(CNCC(=O)NC2CCCCCC2)CCCCC1. The molecule has 0 spiro atoms. The van der Waals surface area contributed by atoms with E-state index in [1.807, 2.05) is 0 Å². The van der Waals surface area contributed by atoms with Crippen molar-refractivity contribution in [3.05, 3.63) is 0 Å². The minimum atomic E-state index is 0.191. The van der Waals surface area contributed by atoms with Gasteiger partial charge in [0.25, 0.3) is 0 Å². The van der Waals surface area contributed by atoms with Crippen molar-refractivity contribution in [1.82, 2.24) is 10.6 Å². The highest BCUT2D eigenvalue weighted by Crippen LogP contribution is 2.34. The average molecular weight is 280 g/mol. The van der Waals surface area contributed by atoms with Gasteiger partial charge in [-0.05, 0) is 31.1 Å². The van der Waals surface area contributed by atoms with Gasteiger partial charge in [-0.2, -0.15) is 0 Å². The van der Waals surface area contributed by atoms with E-state index in [-0.39, 0.29) is 5.91 Å². The molecule has 1 amide bonds. The molecule has 20 heavy (non-hydrogen) atoms. The first-order chi connectivity index (χ1) is 9.68. The third-order valence-corrected chi connectivity index (χ3v) is 5.12. The molecular formula is C17H32N2O. The fourth-order valence-electron chi connectivity index (χ4n) is 3.76. The van der Waals surface area contributed by atoms with Crippen LogP contribution in [0.3, 0.4) is 0 Å². The zero-order chi connectivity index (χ0) is 14.3. The van der Waals surface area contributed by atoms with Crippen molar-refractivity contribution in [2.45, 2.75) is 83.6 Å². The van der Waals surface area contributed by atoms with Crippen LogP contribution in [0.5, 0.6) is 0 Å². The molecule has 0 aromatic rings. The van der Waals surface area contributed by atoms with Crippen molar-refractivity contribution in [3.8, 4) is 0 Å². The summed E-state index contributed by atoms with van der Waals surface area (Å²) in [5.41, 5.74) is 0.418. The summed E-state index contributed by atoms with van der Waals surface area (Å²) < 4.78 is 0. The van der Waals surface area contributed by atoms with E-state index in [0.717, 1.165) is 6.54 Å². The summed E-state index contributed by atoms with van der Waals surface area (Å²) in [5.74, 6) is 0.191. The number of carbonyl (C=O) groups excluding carboxylic acids is 1. The highest BCUT2D eigenvalue weighted by Gasteiger charge is 2.26. The van der Waals surface area contributed by atoms with E-state index in [4.69, 9.17) is 0 Å². The summed E-state index contributed by atoms with van der Waals surface area (Å²) in [6.07, 6.45) is 14.3. The van der Waals surface area contributed by atoms with Crippen LogP contribution < -0.4 is 10.6 Å². The smallest absolute Gasteiger partial charge is 0.234 e. The van der Waals surface area contributed by atoms with E-state index in [0.29, 0.717) is 18.0 Å². The molecule has 3 nitrogen and oxygen atoms in total. The van der Waals surface area contributed by atoms with Crippen LogP contribution in [0.25, 0.3) is 0 Å². The van der Waals surface area contributed by atoms with Crippen LogP contribution in [0.1, 0.15) is 77.6 Å². The highest BCUT2D eigenvalue weighted by molar-refractivity contribution is 5.78. The van der Waals surface area contributed by atoms with Gasteiger partial charge in [0.2, 0.25) is 5.91 Å². The summed E-state index contributed by atoms with van der Waals surface area (Å²) in [6, 6.07) is 0.428. The molecule has 0 saturated heterocycles. The molecule has 0 unspecified atom stereocenters. The van der Waals surface area contributed by atoms with Crippen LogP contribution in [0.4, 0.5) is 0 Å². The largest absolute Gasteiger partial charge is 0.352 e. The molecule has 3 heteroatoms. The number of hydrogen-bond donors (Lipinski definition) is 2. The summed E-state index contributed by atoms with van der Waals surface area (Å²) in [4.78, 5) is 12.0. The number of amides is 1. The van der Waals surface area contributed by atoms with Gasteiger partial charge in [-0.25, -0.2) is 0 Å². The van der Waals surface area contributed by atoms with Gasteiger partial charge in [-0.1, -0.05) is 51.9 Å². The maximum Gasteiger partial charge on any atom is 0.234 e. The molecular weight excluding hydrogens is 248 g/mol. The Hall–Kier alpha value is -0.570. The molecule has 116 valence electrons. The van der Waals surface area contributed by atoms with E-state index in [1.165, 1.54) is 70.6 Å². The summed E-state index contributed by atoms with van der Waals surface area (Å²) in [5, 5.41) is 6.60. The molecule has 0 bridgehead atoms. The minimum absolute atomic E-state index is 0.191. The van der Waals surface area contributed by atoms with Crippen molar-refractivity contribution in [1.29, 1.82) is 0 Å². The predicted molar refractivity (Wildman–Crippen MR) is 83.7 cm³/mol. The molecule has 2 aliphatic carbocycles. The Balaban J connectivity index is 1.61. The van der Waals surface area contributed by atoms with E-state index in [2.05, 4.69) is 17.6 Å². The molecule has 2 rings (SSSR count). The Kier molecular flexibility index (Phi) is 6.34. The van der Waals surface area contributed by atoms with Gasteiger partial charge in [0.1, 0.15) is 0 Å². The molecule has 2 fully saturated rings. The molecule has 2 aliphatic rings. The minimum Gasteiger partial charge on any atom is -0.352 e. The second-order valence-electron chi connectivity index (χ2n) is 7.23. The van der Waals surface area contributed by atoms with Crippen LogP contribution in [-0.2, 0) is 4.79 Å². The molecule has 0 aromatic carbocycles. The number of carbonyl (C=O) groups is 1. The molecule has 0 radical (unpaired) electrons. The van der Waals surface area contributed by atoms with Gasteiger partial charge in [0, 0.05) is 12.6 Å². The lowest BCUT2D eigenvalue weighted by Gasteiger charge is -2.33. The lowest BCUT2D eigenvalue weighted by molar-refractivity contribution is -0.121. The first-order valence-electron chi connectivity index (χ1n) is 8.68. The first kappa shape index (κ1) is 15.8. The van der Waals surface area contributed by atoms with Gasteiger partial charge >= 0.3 is 0 Å². The first-order valence-corrected chi connectivity index (χ1v) is 8.68. The lowest BCUT2D eigenvalue weighted by Crippen LogP contribution is -2.43. The van der Waals surface area contributed by atoms with Gasteiger partial charge in [0.15, 0.2) is 0 Å². The van der Waals surface area contributed by atoms with E-state index in [1.54, 1.807) is 0 Å². The molecule has 0 aliphatic heterocycles. The van der Waals surface area contributed by atoms with E-state index >= 15 is 0 Å². The van der Waals surface area contributed by atoms with Gasteiger partial charge in [-0.3, -0.25) is 4.79 Å². The highest BCUT2D eigenvalue weighted by atomic mass is 16.1. The van der Waals surface area contributed by atoms with Crippen LogP contribution in [-0.4, -0.2) is 25.0 Å². The van der Waals surface area contributed by atoms with Crippen LogP contribution >= 0.6 is 0 Å². The average Bonchev–Trinajstić information content (AvgIpc) is 2.68. The van der Waals surface area contributed by atoms with Crippen molar-refractivity contribution in [2.75, 3.05) is 13.1 Å². The standard InChI is InChI=1S/C17H32N2O/c1-17(11-7-4-8-12-17)14-18-13-16(20)19-15-9-5-2-3-6-10-15/h15,18H,2-14H2,1H3,(H,19,20). The van der Waals surface area contributed by atoms with Crippen LogP contribution in [0.15, 0.2) is 0 Å². The predicted octanol–water partition coefficient (Wildman–Crippen LogP) is 3.39. The van der Waals surface area contributed by atoms with Crippen LogP contribution in [0, 0.1) is 5.41 Å². The maximum absolute atomic E-state index is 12.0. The van der Waals surface area contributed by atoms with Crippen molar-refractivity contribution >= 4 is 5.91 Å². The summed E-state index contributed by atoms with van der Waals surface area (Å²) in [6.45, 7) is 3.85. The molecule has 0 atom stereocenters. The lowest BCUT2D eigenvalue weighted by atomic mass is 9.76. The van der Waals surface area contributed by atoms with Gasteiger partial charge in [-0.15, -0.1) is 0 Å². The van der Waals surface area contributed by atoms with Crippen molar-refractivity contribution < 1.29 is 4.79 Å². The zero-order valence-corrected chi connectivity index (χ0v) is 13.2. The number of hydrogen-bond acceptors (Lipinski definition) is 2. The Morgan fingerprint density at radius 3 is 2.25 bits per heavy atom. The second-order valence-corrected chi connectivity index (χ2v) is 7.23. The molecule has 0 heterocycles. The maximum atomic E-state index is 12.0. The monoisotopic (exact) mass is 280 g/mol. The van der Waals surface area contributed by atoms with E-state index < -0.39 is 0 Å². The molecule has 2 saturated carbocycles. The zero-order valence-electron chi connectivity index (χ0n) is 13.2. The van der Waals surface area contributed by atoms with Crippen LogP contribution in [0.2, 0.25) is 0 Å². The quantitative estimate of drug-likeness (QED) is 0.758. The van der Waals surface area contributed by atoms with Crippen molar-refractivity contribution in [3.63, 3.8) is 0 Å². The third kappa shape index (κ3) is 5.43. The number of nitrogens with one attached hydrogen (secondary N) is 2. The van der Waals surface area contributed by atoms with Crippen molar-refractivity contribution in [2.24, 2.45) is 5.41 Å². The Labute approximate surface area is 124 Å². The van der Waals surface area contributed by atoms with E-state index in [9.17, 15) is 4.79 Å². The third-order valence-electron chi connectivity index (χ3n) is 5.12. The molecule has 2 N–H and O–H groups in total. The topological polar surface area (TPSA) is 41.1 Å². The van der Waals surface area contributed by atoms with Gasteiger partial charge < -0.3 is 10.6 Å². The summed E-state index contributed by atoms with van der Waals surface area (Å²) in [7, 11) is 0. The normalized spacial score (nSPS) is 24.1. The Morgan fingerprint density at radius 2 is 1.60 bits per heavy atom. The summed E-state index contributed by atoms with van der Waals surface area (Å²) >= 11 is 0. The fourth-order valence-corrected chi connectivity index (χ4v) is 3.76. The Bertz CT molecular complexity index is 289. The second kappa shape index (κ2) is 8.02. The molecule has 0 aromatic heterocycles.